The third kappa shape index (κ3) is 19.3. The molecule has 0 bridgehead atoms. The fraction of sp³-hybridized carbons (Fsp3) is 0.489. The van der Waals surface area contributed by atoms with Crippen LogP contribution in [0.5, 0.6) is 17.2 Å². The zero-order valence-corrected chi connectivity index (χ0v) is 36.4. The molecular weight excluding hydrogens is 865 g/mol. The van der Waals surface area contributed by atoms with E-state index >= 15 is 0 Å². The van der Waals surface area contributed by atoms with E-state index in [9.17, 15) is 52.7 Å². The van der Waals surface area contributed by atoms with Gasteiger partial charge in [-0.1, -0.05) is 89.5 Å². The van der Waals surface area contributed by atoms with Crippen LogP contribution in [-0.2, 0) is 24.7 Å². The molecule has 17 heteroatoms. The predicted molar refractivity (Wildman–Crippen MR) is 223 cm³/mol. The maximum atomic E-state index is 14.0. The summed E-state index contributed by atoms with van der Waals surface area (Å²) in [6, 6.07) is 16.5. The van der Waals surface area contributed by atoms with Gasteiger partial charge in [-0.25, -0.2) is 0 Å². The van der Waals surface area contributed by atoms with Crippen LogP contribution < -0.4 is 14.0 Å². The lowest BCUT2D eigenvalue weighted by atomic mass is 9.94. The van der Waals surface area contributed by atoms with Crippen molar-refractivity contribution in [1.82, 2.24) is 0 Å². The molecule has 0 aliphatic rings. The molecule has 1 unspecified atom stereocenters. The van der Waals surface area contributed by atoms with E-state index in [1.54, 1.807) is 0 Å². The summed E-state index contributed by atoms with van der Waals surface area (Å²) < 4.78 is 174. The minimum Gasteiger partial charge on any atom is -0.490 e. The van der Waals surface area contributed by atoms with E-state index in [2.05, 4.69) is 13.0 Å². The second-order valence-corrected chi connectivity index (χ2v) is 16.4. The Balaban J connectivity index is 0.000000955. The van der Waals surface area contributed by atoms with Gasteiger partial charge in [-0.2, -0.15) is 83.0 Å². The molecule has 4 rings (SSSR count). The molecule has 0 spiro atoms. The van der Waals surface area contributed by atoms with Crippen molar-refractivity contribution in [2.24, 2.45) is 0 Å². The molecule has 0 fully saturated rings. The molecule has 64 heavy (non-hydrogen) atoms. The maximum absolute atomic E-state index is 14.0. The number of quaternary nitrogens is 1. The SMILES string of the molecule is CCCCCCCCCCCCCCCC(c1cc(C(F)(F)F)ccc1OB(Oc1ccc(C(F)(F)F)cc1)Oc1ccc(C(F)(F)F)cc1)[N+](C)(C)C.FC(F)(F)c1cc[c-]cc1. The quantitative estimate of drug-likeness (QED) is 0.0258. The van der Waals surface area contributed by atoms with Crippen molar-refractivity contribution < 1.29 is 71.1 Å². The summed E-state index contributed by atoms with van der Waals surface area (Å²) in [6.45, 7) is 2.20. The van der Waals surface area contributed by atoms with Crippen LogP contribution in [0.4, 0.5) is 52.7 Å². The lowest BCUT2D eigenvalue weighted by molar-refractivity contribution is -0.902. The van der Waals surface area contributed by atoms with Gasteiger partial charge in [-0.05, 0) is 73.2 Å². The molecule has 4 aromatic rings. The number of hydrogen-bond donors (Lipinski definition) is 0. The second-order valence-electron chi connectivity index (χ2n) is 16.4. The summed E-state index contributed by atoms with van der Waals surface area (Å²) >= 11 is 0. The van der Waals surface area contributed by atoms with E-state index in [1.165, 1.54) is 63.5 Å². The highest BCUT2D eigenvalue weighted by Crippen LogP contribution is 2.41. The molecule has 0 aliphatic heterocycles. The average molecular weight is 922 g/mol. The van der Waals surface area contributed by atoms with Gasteiger partial charge in [0.25, 0.3) is 0 Å². The van der Waals surface area contributed by atoms with E-state index in [0.29, 0.717) is 6.42 Å². The lowest BCUT2D eigenvalue weighted by Crippen LogP contribution is -2.41. The Kier molecular flexibility index (Phi) is 20.7. The highest BCUT2D eigenvalue weighted by molar-refractivity contribution is 6.39. The number of nitrogens with zero attached hydrogens (tertiary/aromatic N) is 1. The molecule has 0 aliphatic carbocycles. The number of alkyl halides is 12. The molecule has 0 saturated carbocycles. The van der Waals surface area contributed by atoms with Gasteiger partial charge in [0.1, 0.15) is 23.3 Å². The van der Waals surface area contributed by atoms with Crippen LogP contribution in [-0.4, -0.2) is 32.9 Å². The summed E-state index contributed by atoms with van der Waals surface area (Å²) in [5.41, 5.74) is -3.25. The van der Waals surface area contributed by atoms with Gasteiger partial charge in [-0.3, -0.25) is 0 Å². The smallest absolute Gasteiger partial charge is 0.490 e. The van der Waals surface area contributed by atoms with Crippen LogP contribution in [0, 0.1) is 6.07 Å². The van der Waals surface area contributed by atoms with Gasteiger partial charge in [0, 0.05) is 6.42 Å². The molecule has 0 heterocycles. The first-order valence-electron chi connectivity index (χ1n) is 21.3. The van der Waals surface area contributed by atoms with Gasteiger partial charge < -0.3 is 18.4 Å². The zero-order valence-electron chi connectivity index (χ0n) is 36.4. The van der Waals surface area contributed by atoms with Crippen LogP contribution in [0.2, 0.25) is 0 Å². The van der Waals surface area contributed by atoms with Crippen molar-refractivity contribution in [3.8, 4) is 17.2 Å². The van der Waals surface area contributed by atoms with Crippen LogP contribution in [0.15, 0.2) is 91.0 Å². The molecule has 0 saturated heterocycles. The first-order valence-corrected chi connectivity index (χ1v) is 21.3. The molecule has 354 valence electrons. The zero-order chi connectivity index (χ0) is 47.6. The first kappa shape index (κ1) is 53.8. The van der Waals surface area contributed by atoms with Gasteiger partial charge in [0.05, 0.1) is 43.4 Å². The van der Waals surface area contributed by atoms with E-state index < -0.39 is 60.3 Å². The summed E-state index contributed by atoms with van der Waals surface area (Å²) in [5, 5.41) is 0. The van der Waals surface area contributed by atoms with Gasteiger partial charge in [0.2, 0.25) is 0 Å². The average Bonchev–Trinajstić information content (AvgIpc) is 3.20. The van der Waals surface area contributed by atoms with Gasteiger partial charge in [0.15, 0.2) is 0 Å². The molecule has 4 aromatic carbocycles. The van der Waals surface area contributed by atoms with E-state index in [1.807, 2.05) is 21.1 Å². The number of unbranched alkanes of at least 4 members (excludes halogenated alkanes) is 12. The van der Waals surface area contributed by atoms with Crippen molar-refractivity contribution in [1.29, 1.82) is 0 Å². The summed E-state index contributed by atoms with van der Waals surface area (Å²) in [4.78, 5) is 0. The number of benzene rings is 4. The highest BCUT2D eigenvalue weighted by atomic mass is 19.4. The van der Waals surface area contributed by atoms with Crippen molar-refractivity contribution >= 4 is 7.32 Å². The predicted octanol–water partition coefficient (Wildman–Crippen LogP) is 16.0. The van der Waals surface area contributed by atoms with Crippen LogP contribution in [0.1, 0.15) is 131 Å². The highest BCUT2D eigenvalue weighted by Gasteiger charge is 2.39. The first-order chi connectivity index (χ1) is 29.9. The van der Waals surface area contributed by atoms with E-state index in [0.717, 1.165) is 111 Å². The van der Waals surface area contributed by atoms with Crippen LogP contribution in [0.3, 0.4) is 0 Å². The normalized spacial score (nSPS) is 12.9. The third-order valence-electron chi connectivity index (χ3n) is 10.3. The summed E-state index contributed by atoms with van der Waals surface area (Å²) in [5.74, 6) is -0.341. The Labute approximate surface area is 368 Å². The summed E-state index contributed by atoms with van der Waals surface area (Å²) in [7, 11) is 3.74. The second kappa shape index (κ2) is 24.7. The van der Waals surface area contributed by atoms with Crippen LogP contribution in [0.25, 0.3) is 0 Å². The van der Waals surface area contributed by atoms with Crippen molar-refractivity contribution in [3.63, 3.8) is 0 Å². The van der Waals surface area contributed by atoms with Gasteiger partial charge in [-0.15, -0.1) is 0 Å². The van der Waals surface area contributed by atoms with Gasteiger partial charge >= 0.3 is 32.0 Å². The molecule has 0 N–H and O–H groups in total. The van der Waals surface area contributed by atoms with E-state index in [4.69, 9.17) is 14.0 Å². The number of rotatable bonds is 22. The Hall–Kier alpha value is -4.54. The largest absolute Gasteiger partial charge is 0.864 e. The Bertz CT molecular complexity index is 1850. The monoisotopic (exact) mass is 921 g/mol. The maximum Gasteiger partial charge on any atom is 0.864 e. The lowest BCUT2D eigenvalue weighted by Gasteiger charge is -2.36. The molecule has 0 aromatic heterocycles. The Morgan fingerprint density at radius 1 is 0.469 bits per heavy atom. The van der Waals surface area contributed by atoms with Crippen molar-refractivity contribution in [2.75, 3.05) is 21.1 Å². The third-order valence-corrected chi connectivity index (χ3v) is 10.3. The van der Waals surface area contributed by atoms with E-state index in [-0.39, 0.29) is 27.3 Å². The topological polar surface area (TPSA) is 27.7 Å². The van der Waals surface area contributed by atoms with Crippen molar-refractivity contribution in [2.45, 2.75) is 128 Å². The molecule has 0 amide bonds. The van der Waals surface area contributed by atoms with Crippen molar-refractivity contribution in [3.05, 3.63) is 125 Å². The fourth-order valence-electron chi connectivity index (χ4n) is 6.83. The standard InChI is InChI=1S/C40H52BF9NO3.C7H4F3/c1-5-6-7-8-9-10-11-12-13-14-15-16-17-18-36(51(2,3)4)35-29-32(40(48,49)50)23-28-37(35)54-41(52-33-24-19-30(20-25-33)38(42,43)44)53-34-26-21-31(22-27-34)39(45,46)47;8-7(9,10)6-4-2-1-3-5-6/h19-29,36H,5-18H2,1-4H3;2-5H/q+1;-1. The summed E-state index contributed by atoms with van der Waals surface area (Å²) in [6.07, 6.45) is -2.77. The Morgan fingerprint density at radius 3 is 1.19 bits per heavy atom. The molecular formula is C47H56BF12NO3. The molecule has 0 radical (unpaired) electrons. The Morgan fingerprint density at radius 2 is 0.828 bits per heavy atom. The minimum absolute atomic E-state index is 0.0421. The molecule has 1 atom stereocenters. The molecule has 4 nitrogen and oxygen atoms in total. The number of halogens is 12. The number of hydrogen-bond acceptors (Lipinski definition) is 3. The minimum atomic E-state index is -4.68. The van der Waals surface area contributed by atoms with Crippen LogP contribution >= 0.6 is 0 Å². The fourth-order valence-corrected chi connectivity index (χ4v) is 6.83.